The van der Waals surface area contributed by atoms with Gasteiger partial charge >= 0.3 is 0 Å². The lowest BCUT2D eigenvalue weighted by Gasteiger charge is -2.19. The molecule has 0 spiro atoms. The Hall–Kier alpha value is -0.610. The van der Waals surface area contributed by atoms with E-state index < -0.39 is 5.60 Å². The third kappa shape index (κ3) is 8.68. The minimum absolute atomic E-state index is 0.00630. The zero-order chi connectivity index (χ0) is 12.8. The Kier molecular flexibility index (Phi) is 6.60. The van der Waals surface area contributed by atoms with Crippen LogP contribution in [0, 0.1) is 5.92 Å². The zero-order valence-corrected chi connectivity index (χ0v) is 10.9. The van der Waals surface area contributed by atoms with E-state index in [1.807, 2.05) is 13.8 Å². The Labute approximate surface area is 98.6 Å². The summed E-state index contributed by atoms with van der Waals surface area (Å²) in [5, 5.41) is 12.2. The molecule has 0 aliphatic carbocycles. The molecule has 0 heterocycles. The van der Waals surface area contributed by atoms with Crippen LogP contribution in [0.15, 0.2) is 0 Å². The summed E-state index contributed by atoms with van der Waals surface area (Å²) in [6, 6.07) is 0.201. The van der Waals surface area contributed by atoms with E-state index in [0.29, 0.717) is 6.54 Å². The van der Waals surface area contributed by atoms with Gasteiger partial charge in [-0.15, -0.1) is 0 Å². The van der Waals surface area contributed by atoms with E-state index in [0.717, 1.165) is 19.3 Å². The van der Waals surface area contributed by atoms with Crippen LogP contribution in [0.25, 0.3) is 0 Å². The topological polar surface area (TPSA) is 75.4 Å². The molecule has 2 unspecified atom stereocenters. The fourth-order valence-electron chi connectivity index (χ4n) is 1.35. The summed E-state index contributed by atoms with van der Waals surface area (Å²) in [5.74, 6) is -0.00657. The maximum absolute atomic E-state index is 11.6. The van der Waals surface area contributed by atoms with E-state index >= 15 is 0 Å². The van der Waals surface area contributed by atoms with Crippen LogP contribution in [0.2, 0.25) is 0 Å². The number of rotatable bonds is 7. The molecule has 0 radical (unpaired) electrons. The summed E-state index contributed by atoms with van der Waals surface area (Å²) in [6.07, 6.45) is 2.76. The Morgan fingerprint density at radius 3 is 2.38 bits per heavy atom. The lowest BCUT2D eigenvalue weighted by atomic mass is 10.0. The number of nitrogens with one attached hydrogen (secondary N) is 1. The van der Waals surface area contributed by atoms with Crippen molar-refractivity contribution in [3.8, 4) is 0 Å². The predicted molar refractivity (Wildman–Crippen MR) is 66.0 cm³/mol. The molecule has 0 bridgehead atoms. The van der Waals surface area contributed by atoms with Gasteiger partial charge in [-0.25, -0.2) is 0 Å². The molecule has 4 heteroatoms. The van der Waals surface area contributed by atoms with Crippen LogP contribution >= 0.6 is 0 Å². The summed E-state index contributed by atoms with van der Waals surface area (Å²) in [7, 11) is 0. The van der Waals surface area contributed by atoms with Gasteiger partial charge in [0.15, 0.2) is 0 Å². The van der Waals surface area contributed by atoms with Crippen LogP contribution in [-0.4, -0.2) is 29.2 Å². The normalized spacial score (nSPS) is 15.6. The number of amides is 1. The zero-order valence-electron chi connectivity index (χ0n) is 10.9. The smallest absolute Gasteiger partial charge is 0.222 e. The van der Waals surface area contributed by atoms with E-state index in [4.69, 9.17) is 5.73 Å². The Bertz CT molecular complexity index is 210. The summed E-state index contributed by atoms with van der Waals surface area (Å²) in [5.41, 5.74) is 4.79. The van der Waals surface area contributed by atoms with Crippen molar-refractivity contribution in [3.63, 3.8) is 0 Å². The minimum atomic E-state index is -0.846. The second-order valence-corrected chi connectivity index (χ2v) is 5.34. The van der Waals surface area contributed by atoms with Gasteiger partial charge in [-0.3, -0.25) is 4.79 Å². The van der Waals surface area contributed by atoms with Crippen LogP contribution in [0.1, 0.15) is 47.0 Å². The molecule has 0 aromatic heterocycles. The Balaban J connectivity index is 3.74. The van der Waals surface area contributed by atoms with Gasteiger partial charge in [0.2, 0.25) is 5.91 Å². The lowest BCUT2D eigenvalue weighted by Crippen LogP contribution is -2.40. The first-order chi connectivity index (χ1) is 7.22. The average Bonchev–Trinajstić information content (AvgIpc) is 2.12. The molecule has 0 rings (SSSR count). The number of aliphatic hydroxyl groups is 1. The molecule has 0 aliphatic heterocycles. The fraction of sp³-hybridized carbons (Fsp3) is 0.917. The van der Waals surface area contributed by atoms with Gasteiger partial charge < -0.3 is 16.2 Å². The molecule has 0 aromatic carbocycles. The predicted octanol–water partition coefficient (Wildman–Crippen LogP) is 1.03. The molecule has 0 fully saturated rings. The minimum Gasteiger partial charge on any atom is -0.389 e. The van der Waals surface area contributed by atoms with Crippen LogP contribution in [0.4, 0.5) is 0 Å². The molecule has 4 N–H and O–H groups in total. The van der Waals surface area contributed by atoms with Gasteiger partial charge in [-0.1, -0.05) is 13.3 Å². The van der Waals surface area contributed by atoms with Crippen molar-refractivity contribution in [2.75, 3.05) is 6.54 Å². The van der Waals surface area contributed by atoms with Crippen molar-refractivity contribution < 1.29 is 9.90 Å². The number of hydrogen-bond donors (Lipinski definition) is 3. The number of nitrogens with two attached hydrogens (primary N) is 1. The van der Waals surface area contributed by atoms with Crippen molar-refractivity contribution >= 4 is 5.91 Å². The molecule has 1 amide bonds. The van der Waals surface area contributed by atoms with Crippen molar-refractivity contribution in [2.24, 2.45) is 11.7 Å². The molecule has 0 aromatic rings. The highest BCUT2D eigenvalue weighted by atomic mass is 16.3. The van der Waals surface area contributed by atoms with Gasteiger partial charge in [0, 0.05) is 18.5 Å². The maximum atomic E-state index is 11.6. The second kappa shape index (κ2) is 6.86. The molecular weight excluding hydrogens is 204 g/mol. The Morgan fingerprint density at radius 2 is 1.94 bits per heavy atom. The van der Waals surface area contributed by atoms with Crippen molar-refractivity contribution in [1.82, 2.24) is 5.32 Å². The molecule has 0 aliphatic rings. The highest BCUT2D eigenvalue weighted by Gasteiger charge is 2.17. The summed E-state index contributed by atoms with van der Waals surface area (Å²) in [6.45, 7) is 7.52. The van der Waals surface area contributed by atoms with Crippen molar-refractivity contribution in [2.45, 2.75) is 58.6 Å². The Morgan fingerprint density at radius 1 is 1.38 bits per heavy atom. The highest BCUT2D eigenvalue weighted by molar-refractivity contribution is 5.78. The van der Waals surface area contributed by atoms with Crippen LogP contribution in [0.5, 0.6) is 0 Å². The van der Waals surface area contributed by atoms with Crippen LogP contribution < -0.4 is 11.1 Å². The summed E-state index contributed by atoms with van der Waals surface area (Å²) < 4.78 is 0. The quantitative estimate of drug-likeness (QED) is 0.611. The third-order valence-electron chi connectivity index (χ3n) is 2.44. The molecule has 4 nitrogen and oxygen atoms in total. The molecular formula is C12H26N2O2. The molecule has 16 heavy (non-hydrogen) atoms. The third-order valence-corrected chi connectivity index (χ3v) is 2.44. The standard InChI is InChI=1S/C12H26N2O2/c1-9(6-5-7-10(2)13)11(15)14-8-12(3,4)16/h9-10,16H,5-8,13H2,1-4H3,(H,14,15). The van der Waals surface area contributed by atoms with Gasteiger partial charge in [0.1, 0.15) is 0 Å². The second-order valence-electron chi connectivity index (χ2n) is 5.34. The molecule has 0 saturated carbocycles. The van der Waals surface area contributed by atoms with E-state index in [2.05, 4.69) is 5.32 Å². The van der Waals surface area contributed by atoms with Gasteiger partial charge in [0.05, 0.1) is 5.60 Å². The van der Waals surface area contributed by atoms with Crippen LogP contribution in [0.3, 0.4) is 0 Å². The van der Waals surface area contributed by atoms with E-state index in [1.165, 1.54) is 0 Å². The van der Waals surface area contributed by atoms with Gasteiger partial charge in [-0.05, 0) is 33.6 Å². The van der Waals surface area contributed by atoms with E-state index in [1.54, 1.807) is 13.8 Å². The monoisotopic (exact) mass is 230 g/mol. The lowest BCUT2D eigenvalue weighted by molar-refractivity contribution is -0.125. The fourth-order valence-corrected chi connectivity index (χ4v) is 1.35. The first-order valence-electron chi connectivity index (χ1n) is 5.98. The number of hydrogen-bond acceptors (Lipinski definition) is 3. The largest absolute Gasteiger partial charge is 0.389 e. The SMILES string of the molecule is CC(N)CCCC(C)C(=O)NCC(C)(C)O. The highest BCUT2D eigenvalue weighted by Crippen LogP contribution is 2.09. The summed E-state index contributed by atoms with van der Waals surface area (Å²) >= 11 is 0. The van der Waals surface area contributed by atoms with Crippen molar-refractivity contribution in [1.29, 1.82) is 0 Å². The van der Waals surface area contributed by atoms with Gasteiger partial charge in [-0.2, -0.15) is 0 Å². The number of carbonyl (C=O) groups is 1. The summed E-state index contributed by atoms with van der Waals surface area (Å²) in [4.78, 5) is 11.6. The first-order valence-corrected chi connectivity index (χ1v) is 5.98. The average molecular weight is 230 g/mol. The maximum Gasteiger partial charge on any atom is 0.222 e. The van der Waals surface area contributed by atoms with E-state index in [9.17, 15) is 9.90 Å². The van der Waals surface area contributed by atoms with Crippen molar-refractivity contribution in [3.05, 3.63) is 0 Å². The van der Waals surface area contributed by atoms with Crippen LogP contribution in [-0.2, 0) is 4.79 Å². The molecule has 0 saturated heterocycles. The molecule has 2 atom stereocenters. The number of carbonyl (C=O) groups excluding carboxylic acids is 1. The van der Waals surface area contributed by atoms with Gasteiger partial charge in [0.25, 0.3) is 0 Å². The van der Waals surface area contributed by atoms with E-state index in [-0.39, 0.29) is 17.9 Å². The molecule has 96 valence electrons. The first kappa shape index (κ1) is 15.4.